The van der Waals surface area contributed by atoms with Gasteiger partial charge in [0.2, 0.25) is 5.88 Å². The van der Waals surface area contributed by atoms with Crippen LogP contribution in [0.2, 0.25) is 0 Å². The van der Waals surface area contributed by atoms with E-state index < -0.39 is 28.4 Å². The quantitative estimate of drug-likeness (QED) is 0.521. The van der Waals surface area contributed by atoms with Crippen LogP contribution in [0.15, 0.2) is 54.7 Å². The largest absolute Gasteiger partial charge is 0.437 e. The second kappa shape index (κ2) is 9.20. The Bertz CT molecular complexity index is 1220. The van der Waals surface area contributed by atoms with Gasteiger partial charge in [0.15, 0.2) is 17.0 Å². The van der Waals surface area contributed by atoms with E-state index in [1.807, 2.05) is 0 Å². The first kappa shape index (κ1) is 22.7. The predicted molar refractivity (Wildman–Crippen MR) is 121 cm³/mol. The summed E-state index contributed by atoms with van der Waals surface area (Å²) in [5, 5.41) is 5.74. The lowest BCUT2D eigenvalue weighted by molar-refractivity contribution is 0.120. The monoisotopic (exact) mass is 463 g/mol. The SMILES string of the molecule is [B]C1([B])c2ccc(Oc3cccnn3)cc2OC(=O)N1Cc1cccc(NS(=O)NC)c1F. The minimum absolute atomic E-state index is 0.0172. The summed E-state index contributed by atoms with van der Waals surface area (Å²) in [5.41, 5.74) is 0.368. The summed E-state index contributed by atoms with van der Waals surface area (Å²) in [6.07, 6.45) is 0.628. The van der Waals surface area contributed by atoms with Crippen LogP contribution in [0, 0.1) is 5.82 Å². The number of nitrogens with one attached hydrogen (secondary N) is 2. The average Bonchev–Trinajstić information content (AvgIpc) is 2.79. The Morgan fingerprint density at radius 3 is 2.79 bits per heavy atom. The fraction of sp³-hybridized carbons (Fsp3) is 0.150. The molecular weight excluding hydrogens is 447 g/mol. The van der Waals surface area contributed by atoms with Crippen molar-refractivity contribution in [2.24, 2.45) is 0 Å². The van der Waals surface area contributed by atoms with E-state index in [1.165, 1.54) is 31.4 Å². The number of nitrogens with zero attached hydrogens (tertiary/aromatic N) is 3. The highest BCUT2D eigenvalue weighted by Crippen LogP contribution is 2.39. The van der Waals surface area contributed by atoms with Gasteiger partial charge in [-0.05, 0) is 30.6 Å². The topological polar surface area (TPSA) is 106 Å². The van der Waals surface area contributed by atoms with Gasteiger partial charge in [0.05, 0.1) is 27.9 Å². The maximum Gasteiger partial charge on any atom is 0.414 e. The van der Waals surface area contributed by atoms with Crippen LogP contribution in [0.3, 0.4) is 0 Å². The van der Waals surface area contributed by atoms with Crippen LogP contribution < -0.4 is 18.9 Å². The van der Waals surface area contributed by atoms with Crippen molar-refractivity contribution in [3.8, 4) is 17.4 Å². The summed E-state index contributed by atoms with van der Waals surface area (Å²) in [6, 6.07) is 12.3. The van der Waals surface area contributed by atoms with Crippen molar-refractivity contribution in [3.63, 3.8) is 0 Å². The van der Waals surface area contributed by atoms with Crippen molar-refractivity contribution in [2.75, 3.05) is 11.8 Å². The van der Waals surface area contributed by atoms with Crippen LogP contribution >= 0.6 is 0 Å². The minimum atomic E-state index is -1.81. The molecule has 1 aromatic heterocycles. The van der Waals surface area contributed by atoms with Crippen molar-refractivity contribution < 1.29 is 22.9 Å². The van der Waals surface area contributed by atoms with Crippen molar-refractivity contribution in [1.29, 1.82) is 0 Å². The van der Waals surface area contributed by atoms with Gasteiger partial charge in [-0.3, -0.25) is 4.72 Å². The molecule has 4 rings (SSSR count). The first-order chi connectivity index (χ1) is 15.8. The lowest BCUT2D eigenvalue weighted by atomic mass is 9.56. The molecule has 1 aliphatic rings. The van der Waals surface area contributed by atoms with Gasteiger partial charge in [0.25, 0.3) is 0 Å². The third-order valence-electron chi connectivity index (χ3n) is 4.81. The molecule has 1 atom stereocenters. The Labute approximate surface area is 194 Å². The van der Waals surface area contributed by atoms with E-state index in [1.54, 1.807) is 30.3 Å². The Morgan fingerprint density at radius 2 is 2.06 bits per heavy atom. The second-order valence-corrected chi connectivity index (χ2v) is 8.10. The summed E-state index contributed by atoms with van der Waals surface area (Å²) < 4.78 is 42.5. The van der Waals surface area contributed by atoms with Gasteiger partial charge in [0, 0.05) is 29.5 Å². The number of hydrogen-bond acceptors (Lipinski definition) is 6. The fourth-order valence-corrected chi connectivity index (χ4v) is 3.65. The summed E-state index contributed by atoms with van der Waals surface area (Å²) in [6.45, 7) is -0.295. The molecule has 2 N–H and O–H groups in total. The molecule has 13 heteroatoms. The molecule has 9 nitrogen and oxygen atoms in total. The maximum absolute atomic E-state index is 14.9. The summed E-state index contributed by atoms with van der Waals surface area (Å²) in [7, 11) is 14.1. The van der Waals surface area contributed by atoms with Crippen LogP contribution in [-0.4, -0.2) is 48.1 Å². The molecule has 0 fully saturated rings. The lowest BCUT2D eigenvalue weighted by Gasteiger charge is -2.43. The number of fused-ring (bicyclic) bond motifs is 1. The summed E-state index contributed by atoms with van der Waals surface area (Å²) in [4.78, 5) is 13.7. The highest BCUT2D eigenvalue weighted by atomic mass is 32.2. The van der Waals surface area contributed by atoms with Crippen LogP contribution in [0.4, 0.5) is 14.9 Å². The number of hydrogen-bond donors (Lipinski definition) is 2. The number of carbonyl (C=O) groups excluding carboxylic acids is 1. The van der Waals surface area contributed by atoms with Gasteiger partial charge in [-0.1, -0.05) is 18.2 Å². The van der Waals surface area contributed by atoms with Gasteiger partial charge >= 0.3 is 6.09 Å². The van der Waals surface area contributed by atoms with Crippen molar-refractivity contribution in [2.45, 2.75) is 11.9 Å². The van der Waals surface area contributed by atoms with Gasteiger partial charge in [-0.2, -0.15) is 5.10 Å². The molecule has 1 amide bonds. The molecule has 1 unspecified atom stereocenters. The van der Waals surface area contributed by atoms with Crippen molar-refractivity contribution in [3.05, 3.63) is 71.7 Å². The zero-order valence-electron chi connectivity index (χ0n) is 17.3. The molecule has 0 bridgehead atoms. The van der Waals surface area contributed by atoms with E-state index in [-0.39, 0.29) is 29.4 Å². The van der Waals surface area contributed by atoms with Crippen LogP contribution in [0.25, 0.3) is 0 Å². The highest BCUT2D eigenvalue weighted by molar-refractivity contribution is 7.84. The molecule has 3 aromatic rings. The molecule has 33 heavy (non-hydrogen) atoms. The molecule has 0 spiro atoms. The number of amides is 1. The van der Waals surface area contributed by atoms with Crippen molar-refractivity contribution >= 4 is 38.6 Å². The molecule has 0 aliphatic carbocycles. The Hall–Kier alpha value is -3.44. The average molecular weight is 463 g/mol. The summed E-state index contributed by atoms with van der Waals surface area (Å²) in [5.74, 6) is -0.0315. The van der Waals surface area contributed by atoms with Crippen molar-refractivity contribution in [1.82, 2.24) is 19.8 Å². The molecular formula is C20H16B2FN5O4S. The number of anilines is 1. The minimum Gasteiger partial charge on any atom is -0.437 e. The number of halogens is 1. The van der Waals surface area contributed by atoms with Crippen LogP contribution in [-0.2, 0) is 23.1 Å². The smallest absolute Gasteiger partial charge is 0.414 e. The van der Waals surface area contributed by atoms with E-state index in [9.17, 15) is 13.4 Å². The molecule has 2 heterocycles. The first-order valence-corrected chi connectivity index (χ1v) is 10.7. The lowest BCUT2D eigenvalue weighted by Crippen LogP contribution is -2.54. The molecule has 1 aliphatic heterocycles. The van der Waals surface area contributed by atoms with Gasteiger partial charge in [0.1, 0.15) is 11.5 Å². The van der Waals surface area contributed by atoms with Crippen LogP contribution in [0.5, 0.6) is 17.4 Å². The molecule has 164 valence electrons. The van der Waals surface area contributed by atoms with E-state index in [4.69, 9.17) is 25.2 Å². The standard InChI is InChI=1S/C20H16B2FN5O4S/c1-24-33(30)27-15-5-2-4-12(18(15)23)11-28-19(29)32-16-10-13(7-8-14(16)20(28,21)22)31-17-6-3-9-25-26-17/h2-10,24,27H,11H2,1H3. The van der Waals surface area contributed by atoms with E-state index in [0.717, 1.165) is 4.90 Å². The van der Waals surface area contributed by atoms with E-state index >= 15 is 0 Å². The normalized spacial score (nSPS) is 15.3. The third-order valence-corrected chi connectivity index (χ3v) is 5.59. The van der Waals surface area contributed by atoms with E-state index in [2.05, 4.69) is 19.6 Å². The summed E-state index contributed by atoms with van der Waals surface area (Å²) >= 11 is -1.69. The first-order valence-electron chi connectivity index (χ1n) is 9.60. The third kappa shape index (κ3) is 4.69. The molecule has 4 radical (unpaired) electrons. The number of aromatic nitrogens is 2. The maximum atomic E-state index is 14.9. The Kier molecular flexibility index (Phi) is 6.34. The van der Waals surface area contributed by atoms with E-state index in [0.29, 0.717) is 11.3 Å². The zero-order chi connectivity index (χ0) is 23.6. The number of rotatable bonds is 7. The van der Waals surface area contributed by atoms with Gasteiger partial charge in [-0.15, -0.1) is 5.10 Å². The highest BCUT2D eigenvalue weighted by Gasteiger charge is 2.40. The predicted octanol–water partition coefficient (Wildman–Crippen LogP) is 2.08. The molecule has 0 saturated carbocycles. The fourth-order valence-electron chi connectivity index (χ4n) is 3.19. The Balaban J connectivity index is 1.60. The zero-order valence-corrected chi connectivity index (χ0v) is 18.1. The number of benzene rings is 2. The van der Waals surface area contributed by atoms with Gasteiger partial charge < -0.3 is 14.4 Å². The Morgan fingerprint density at radius 1 is 1.24 bits per heavy atom. The number of carbonyl (C=O) groups is 1. The van der Waals surface area contributed by atoms with Gasteiger partial charge in [-0.25, -0.2) is 18.1 Å². The second-order valence-electron chi connectivity index (χ2n) is 6.95. The van der Waals surface area contributed by atoms with Crippen LogP contribution in [0.1, 0.15) is 11.1 Å². The molecule has 2 aromatic carbocycles. The molecule has 0 saturated heterocycles. The number of ether oxygens (including phenoxy) is 2.